The average molecular weight is 332 g/mol. The lowest BCUT2D eigenvalue weighted by molar-refractivity contribution is 0.585. The van der Waals surface area contributed by atoms with E-state index < -0.39 is 11.6 Å². The number of allylic oxidation sites excluding steroid dienone is 1. The fraction of sp³-hybridized carbons (Fsp3) is 0.250. The van der Waals surface area contributed by atoms with Gasteiger partial charge in [-0.1, -0.05) is 17.4 Å². The van der Waals surface area contributed by atoms with Crippen molar-refractivity contribution >= 4 is 21.9 Å². The molecule has 0 fully saturated rings. The van der Waals surface area contributed by atoms with Gasteiger partial charge >= 0.3 is 0 Å². The number of halogens is 2. The molecule has 2 N–H and O–H groups in total. The zero-order valence-electron chi connectivity index (χ0n) is 12.2. The molecule has 1 aliphatic carbocycles. The van der Waals surface area contributed by atoms with Gasteiger partial charge < -0.3 is 5.73 Å². The summed E-state index contributed by atoms with van der Waals surface area (Å²) < 4.78 is 28.7. The molecule has 23 heavy (non-hydrogen) atoms. The molecule has 1 aromatic carbocycles. The van der Waals surface area contributed by atoms with E-state index in [9.17, 15) is 8.78 Å². The predicted molar refractivity (Wildman–Crippen MR) is 86.0 cm³/mol. The van der Waals surface area contributed by atoms with Crippen molar-refractivity contribution in [3.8, 4) is 11.3 Å². The van der Waals surface area contributed by atoms with E-state index in [0.29, 0.717) is 10.7 Å². The van der Waals surface area contributed by atoms with Gasteiger partial charge in [0.1, 0.15) is 16.6 Å². The Balaban J connectivity index is 1.78. The molecule has 3 aromatic rings. The summed E-state index contributed by atoms with van der Waals surface area (Å²) in [5.74, 6) is -1.22. The Morgan fingerprint density at radius 2 is 2.17 bits per heavy atom. The summed E-state index contributed by atoms with van der Waals surface area (Å²) in [6.45, 7) is 0. The van der Waals surface area contributed by atoms with Gasteiger partial charge in [0, 0.05) is 17.7 Å². The van der Waals surface area contributed by atoms with Crippen LogP contribution in [0.4, 0.5) is 8.78 Å². The minimum atomic E-state index is -0.621. The summed E-state index contributed by atoms with van der Waals surface area (Å²) >= 11 is 1.46. The molecule has 0 aliphatic heterocycles. The summed E-state index contributed by atoms with van der Waals surface area (Å²) in [4.78, 5) is 4.99. The van der Waals surface area contributed by atoms with Crippen LogP contribution in [0.25, 0.3) is 21.8 Å². The highest BCUT2D eigenvalue weighted by Crippen LogP contribution is 2.32. The van der Waals surface area contributed by atoms with Gasteiger partial charge in [0.25, 0.3) is 0 Å². The van der Waals surface area contributed by atoms with Crippen LogP contribution >= 0.6 is 11.3 Å². The second-order valence-electron chi connectivity index (χ2n) is 5.63. The molecule has 0 saturated carbocycles. The molecule has 7 heteroatoms. The van der Waals surface area contributed by atoms with E-state index in [1.54, 1.807) is 10.7 Å². The molecule has 2 heterocycles. The van der Waals surface area contributed by atoms with Crippen molar-refractivity contribution in [3.63, 3.8) is 0 Å². The highest BCUT2D eigenvalue weighted by Gasteiger charge is 2.19. The molecule has 0 spiro atoms. The van der Waals surface area contributed by atoms with Gasteiger partial charge in [0.05, 0.1) is 11.9 Å². The minimum Gasteiger partial charge on any atom is -0.327 e. The van der Waals surface area contributed by atoms with Crippen LogP contribution in [0.1, 0.15) is 24.3 Å². The first-order chi connectivity index (χ1) is 11.1. The molecule has 0 amide bonds. The van der Waals surface area contributed by atoms with Crippen LogP contribution in [0, 0.1) is 11.6 Å². The fourth-order valence-electron chi connectivity index (χ4n) is 2.75. The Bertz CT molecular complexity index is 912. The molecule has 0 saturated heterocycles. The minimum absolute atomic E-state index is 0.215. The zero-order chi connectivity index (χ0) is 16.0. The Labute approximate surface area is 135 Å². The quantitative estimate of drug-likeness (QED) is 0.779. The van der Waals surface area contributed by atoms with Gasteiger partial charge in [-0.25, -0.2) is 18.3 Å². The van der Waals surface area contributed by atoms with Crippen LogP contribution in [-0.4, -0.2) is 20.6 Å². The van der Waals surface area contributed by atoms with Crippen molar-refractivity contribution < 1.29 is 8.78 Å². The second kappa shape index (κ2) is 5.50. The summed E-state index contributed by atoms with van der Waals surface area (Å²) in [5.41, 5.74) is 7.88. The number of hydrogen-bond acceptors (Lipinski definition) is 4. The third-order valence-electron chi connectivity index (χ3n) is 4.02. The van der Waals surface area contributed by atoms with Crippen molar-refractivity contribution in [1.29, 1.82) is 0 Å². The number of nitrogens with two attached hydrogens (primary N) is 1. The van der Waals surface area contributed by atoms with E-state index in [1.807, 2.05) is 0 Å². The molecule has 4 rings (SSSR count). The third kappa shape index (κ3) is 2.55. The first kappa shape index (κ1) is 14.5. The number of imidazole rings is 1. The van der Waals surface area contributed by atoms with E-state index in [1.165, 1.54) is 23.5 Å². The van der Waals surface area contributed by atoms with Crippen LogP contribution < -0.4 is 5.73 Å². The van der Waals surface area contributed by atoms with Crippen molar-refractivity contribution in [2.45, 2.75) is 25.3 Å². The molecule has 1 unspecified atom stereocenters. The number of hydrogen-bond donors (Lipinski definition) is 1. The van der Waals surface area contributed by atoms with E-state index in [0.717, 1.165) is 35.9 Å². The normalized spacial score (nSPS) is 18.4. The predicted octanol–water partition coefficient (Wildman–Crippen LogP) is 3.63. The molecule has 0 bridgehead atoms. The first-order valence-electron chi connectivity index (χ1n) is 7.37. The monoisotopic (exact) mass is 332 g/mol. The Morgan fingerprint density at radius 1 is 1.30 bits per heavy atom. The lowest BCUT2D eigenvalue weighted by atomic mass is 9.96. The number of nitrogens with zero attached hydrogens (tertiary/aromatic N) is 3. The molecule has 118 valence electrons. The molecule has 2 aromatic heterocycles. The van der Waals surface area contributed by atoms with Crippen LogP contribution in [0.2, 0.25) is 0 Å². The third-order valence-corrected chi connectivity index (χ3v) is 5.02. The van der Waals surface area contributed by atoms with Gasteiger partial charge in [-0.3, -0.25) is 0 Å². The van der Waals surface area contributed by atoms with E-state index >= 15 is 0 Å². The topological polar surface area (TPSA) is 56.2 Å². The van der Waals surface area contributed by atoms with Gasteiger partial charge in [0.15, 0.2) is 0 Å². The molecule has 0 radical (unpaired) electrons. The van der Waals surface area contributed by atoms with E-state index in [-0.39, 0.29) is 11.6 Å². The average Bonchev–Trinajstić information content (AvgIpc) is 3.09. The van der Waals surface area contributed by atoms with E-state index in [2.05, 4.69) is 16.2 Å². The Kier molecular flexibility index (Phi) is 3.46. The smallest absolute Gasteiger partial charge is 0.212 e. The highest BCUT2D eigenvalue weighted by atomic mass is 32.1. The van der Waals surface area contributed by atoms with Gasteiger partial charge in [-0.15, -0.1) is 0 Å². The molecule has 4 nitrogen and oxygen atoms in total. The largest absolute Gasteiger partial charge is 0.327 e. The Hall–Kier alpha value is -2.12. The SMILES string of the molecule is NC1CC=C(c2nn3c(-c4ccc(F)cc4F)cnc3s2)CC1. The maximum Gasteiger partial charge on any atom is 0.212 e. The van der Waals surface area contributed by atoms with Crippen molar-refractivity contribution in [3.05, 3.63) is 47.1 Å². The highest BCUT2D eigenvalue weighted by molar-refractivity contribution is 7.17. The number of aromatic nitrogens is 3. The van der Waals surface area contributed by atoms with Crippen LogP contribution in [0.3, 0.4) is 0 Å². The van der Waals surface area contributed by atoms with E-state index in [4.69, 9.17) is 5.73 Å². The van der Waals surface area contributed by atoms with Crippen LogP contribution in [0.5, 0.6) is 0 Å². The molecular formula is C16H14F2N4S. The molecular weight excluding hydrogens is 318 g/mol. The zero-order valence-corrected chi connectivity index (χ0v) is 13.0. The van der Waals surface area contributed by atoms with Gasteiger partial charge in [-0.05, 0) is 37.0 Å². The fourth-order valence-corrected chi connectivity index (χ4v) is 3.69. The number of benzene rings is 1. The molecule has 1 aliphatic rings. The summed E-state index contributed by atoms with van der Waals surface area (Å²) in [7, 11) is 0. The summed E-state index contributed by atoms with van der Waals surface area (Å²) in [6, 6.07) is 3.72. The second-order valence-corrected chi connectivity index (χ2v) is 6.59. The Morgan fingerprint density at radius 3 is 2.91 bits per heavy atom. The summed E-state index contributed by atoms with van der Waals surface area (Å²) in [6.07, 6.45) is 6.34. The number of fused-ring (bicyclic) bond motifs is 1. The lowest BCUT2D eigenvalue weighted by Crippen LogP contribution is -2.21. The molecule has 1 atom stereocenters. The van der Waals surface area contributed by atoms with Gasteiger partial charge in [-0.2, -0.15) is 5.10 Å². The van der Waals surface area contributed by atoms with Gasteiger partial charge in [0.2, 0.25) is 4.96 Å². The maximum absolute atomic E-state index is 14.0. The van der Waals surface area contributed by atoms with Crippen LogP contribution in [-0.2, 0) is 0 Å². The first-order valence-corrected chi connectivity index (χ1v) is 8.18. The number of rotatable bonds is 2. The standard InChI is InChI=1S/C16H14F2N4S/c17-10-3-6-12(13(18)7-10)14-8-20-16-22(14)21-15(23-16)9-1-4-11(19)5-2-9/h1,3,6-8,11H,2,4-5,19H2. The van der Waals surface area contributed by atoms with Crippen molar-refractivity contribution in [1.82, 2.24) is 14.6 Å². The van der Waals surface area contributed by atoms with Crippen molar-refractivity contribution in [2.24, 2.45) is 5.73 Å². The lowest BCUT2D eigenvalue weighted by Gasteiger charge is -2.16. The summed E-state index contributed by atoms with van der Waals surface area (Å²) in [5, 5.41) is 5.44. The van der Waals surface area contributed by atoms with Crippen molar-refractivity contribution in [2.75, 3.05) is 0 Å². The van der Waals surface area contributed by atoms with Crippen LogP contribution in [0.15, 0.2) is 30.5 Å². The maximum atomic E-state index is 14.0.